The van der Waals surface area contributed by atoms with Crippen molar-refractivity contribution < 1.29 is 58.2 Å². The molecule has 18 heteroatoms. The van der Waals surface area contributed by atoms with Crippen LogP contribution in [-0.4, -0.2) is 118 Å². The number of nitrogens with zero attached hydrogens (tertiary/aromatic N) is 4. The van der Waals surface area contributed by atoms with Crippen molar-refractivity contribution >= 4 is 34.9 Å². The van der Waals surface area contributed by atoms with Crippen molar-refractivity contribution in [2.24, 2.45) is 0 Å². The van der Waals surface area contributed by atoms with Crippen LogP contribution in [0.5, 0.6) is 17.2 Å². The third kappa shape index (κ3) is 8.69. The Hall–Kier alpha value is -5.36. The highest BCUT2D eigenvalue weighted by Crippen LogP contribution is 2.37. The molecule has 2 aromatic carbocycles. The van der Waals surface area contributed by atoms with Crippen LogP contribution in [0.3, 0.4) is 0 Å². The van der Waals surface area contributed by atoms with E-state index in [1.54, 1.807) is 6.92 Å². The lowest BCUT2D eigenvalue weighted by Gasteiger charge is -2.23. The summed E-state index contributed by atoms with van der Waals surface area (Å²) in [6.45, 7) is 2.87. The SMILES string of the molecule is COC(=O)[C@@H]1C[C@@H](O)CN1C(=O)c1cc(OC)c(OCCCCCOc2cc([N+](=O)[O-])c(C(=O)N3C[C@H](O)C[C@H]3C(C)=O)cc2C)cc1[N+](=O)[O-]. The quantitative estimate of drug-likeness (QED) is 0.116. The van der Waals surface area contributed by atoms with E-state index in [0.29, 0.717) is 24.8 Å². The third-order valence-corrected chi connectivity index (χ3v) is 8.76. The number of nitro benzene ring substituents is 2. The van der Waals surface area contributed by atoms with E-state index in [4.69, 9.17) is 18.9 Å². The summed E-state index contributed by atoms with van der Waals surface area (Å²) in [6.07, 6.45) is -0.397. The maximum Gasteiger partial charge on any atom is 0.328 e. The van der Waals surface area contributed by atoms with E-state index in [9.17, 15) is 49.6 Å². The molecule has 4 rings (SSSR count). The number of aliphatic hydroxyl groups excluding tert-OH is 2. The lowest BCUT2D eigenvalue weighted by atomic mass is 10.1. The first-order chi connectivity index (χ1) is 24.2. The van der Waals surface area contributed by atoms with Crippen molar-refractivity contribution in [2.45, 2.75) is 70.2 Å². The molecule has 4 atom stereocenters. The number of hydrogen-bond donors (Lipinski definition) is 2. The summed E-state index contributed by atoms with van der Waals surface area (Å²) in [4.78, 5) is 75.3. The number of Topliss-reactive ketones (excluding diaryl/α,β-unsaturated/α-hetero) is 1. The largest absolute Gasteiger partial charge is 0.493 e. The Labute approximate surface area is 292 Å². The molecule has 2 aliphatic heterocycles. The van der Waals surface area contributed by atoms with Gasteiger partial charge in [0, 0.05) is 32.0 Å². The molecule has 2 aliphatic rings. The molecule has 2 heterocycles. The van der Waals surface area contributed by atoms with Crippen LogP contribution < -0.4 is 14.2 Å². The summed E-state index contributed by atoms with van der Waals surface area (Å²) >= 11 is 0. The van der Waals surface area contributed by atoms with Gasteiger partial charge in [0.25, 0.3) is 23.2 Å². The van der Waals surface area contributed by atoms with Crippen LogP contribution in [-0.2, 0) is 14.3 Å². The molecule has 2 fully saturated rings. The number of likely N-dealkylation sites (tertiary alicyclic amines) is 2. The first-order valence-corrected chi connectivity index (χ1v) is 16.2. The third-order valence-electron chi connectivity index (χ3n) is 8.76. The molecule has 276 valence electrons. The molecule has 0 saturated carbocycles. The van der Waals surface area contributed by atoms with Crippen LogP contribution in [0.1, 0.15) is 65.3 Å². The number of carbonyl (C=O) groups excluding carboxylic acids is 4. The molecule has 0 aromatic heterocycles. The first kappa shape index (κ1) is 38.4. The van der Waals surface area contributed by atoms with Crippen molar-refractivity contribution in [2.75, 3.05) is 40.5 Å². The fourth-order valence-electron chi connectivity index (χ4n) is 6.18. The van der Waals surface area contributed by atoms with E-state index in [-0.39, 0.29) is 73.3 Å². The highest BCUT2D eigenvalue weighted by Gasteiger charge is 2.42. The van der Waals surface area contributed by atoms with Crippen molar-refractivity contribution in [1.29, 1.82) is 0 Å². The van der Waals surface area contributed by atoms with E-state index in [1.165, 1.54) is 20.1 Å². The van der Waals surface area contributed by atoms with Crippen LogP contribution in [0, 0.1) is 27.2 Å². The highest BCUT2D eigenvalue weighted by atomic mass is 16.6. The molecule has 0 spiro atoms. The number of hydrogen-bond acceptors (Lipinski definition) is 14. The number of unbranched alkanes of at least 4 members (excludes halogenated alkanes) is 2. The molecule has 2 aromatic rings. The van der Waals surface area contributed by atoms with Crippen LogP contribution in [0.25, 0.3) is 0 Å². The summed E-state index contributed by atoms with van der Waals surface area (Å²) < 4.78 is 21.6. The van der Waals surface area contributed by atoms with Gasteiger partial charge in [0.15, 0.2) is 17.3 Å². The maximum atomic E-state index is 13.3. The second kappa shape index (κ2) is 16.6. The van der Waals surface area contributed by atoms with Crippen LogP contribution >= 0.6 is 0 Å². The number of esters is 1. The van der Waals surface area contributed by atoms with Crippen molar-refractivity contribution in [1.82, 2.24) is 9.80 Å². The minimum absolute atomic E-state index is 0.0126. The van der Waals surface area contributed by atoms with Gasteiger partial charge in [-0.1, -0.05) is 0 Å². The number of carbonyl (C=O) groups is 4. The summed E-state index contributed by atoms with van der Waals surface area (Å²) in [6, 6.07) is 2.73. The van der Waals surface area contributed by atoms with Gasteiger partial charge >= 0.3 is 5.97 Å². The fourth-order valence-corrected chi connectivity index (χ4v) is 6.18. The summed E-state index contributed by atoms with van der Waals surface area (Å²) in [5, 5.41) is 43.9. The fraction of sp³-hybridized carbons (Fsp3) is 0.515. The maximum absolute atomic E-state index is 13.3. The minimum Gasteiger partial charge on any atom is -0.493 e. The Morgan fingerprint density at radius 2 is 1.25 bits per heavy atom. The first-order valence-electron chi connectivity index (χ1n) is 16.2. The summed E-state index contributed by atoms with van der Waals surface area (Å²) in [5.74, 6) is -2.41. The van der Waals surface area contributed by atoms with Gasteiger partial charge in [0.2, 0.25) is 0 Å². The van der Waals surface area contributed by atoms with Gasteiger partial charge in [0.05, 0.1) is 67.7 Å². The number of aryl methyl sites for hydroxylation is 1. The summed E-state index contributed by atoms with van der Waals surface area (Å²) in [5.41, 5.74) is -1.18. The second-order valence-corrected chi connectivity index (χ2v) is 12.3. The monoisotopic (exact) mass is 716 g/mol. The Morgan fingerprint density at radius 1 is 0.765 bits per heavy atom. The van der Waals surface area contributed by atoms with Crippen molar-refractivity contribution in [3.05, 3.63) is 61.2 Å². The number of ketones is 1. The normalized spacial score (nSPS) is 19.8. The van der Waals surface area contributed by atoms with Gasteiger partial charge in [-0.05, 0) is 44.7 Å². The average molecular weight is 717 g/mol. The van der Waals surface area contributed by atoms with Crippen LogP contribution in [0.4, 0.5) is 11.4 Å². The average Bonchev–Trinajstić information content (AvgIpc) is 3.69. The molecule has 0 aliphatic carbocycles. The Kier molecular flexibility index (Phi) is 12.5. The number of β-amino-alcohol motifs (C(OH)–C–C–N with tert-alkyl or cyclic N) is 2. The molecular formula is C33H40N4O14. The number of ether oxygens (including phenoxy) is 4. The zero-order valence-electron chi connectivity index (χ0n) is 28.6. The number of nitro groups is 2. The Balaban J connectivity index is 1.35. The molecular weight excluding hydrogens is 676 g/mol. The topological polar surface area (TPSA) is 238 Å². The van der Waals surface area contributed by atoms with E-state index in [0.717, 1.165) is 35.1 Å². The van der Waals surface area contributed by atoms with Gasteiger partial charge in [-0.25, -0.2) is 4.79 Å². The molecule has 2 saturated heterocycles. The molecule has 0 bridgehead atoms. The molecule has 51 heavy (non-hydrogen) atoms. The van der Waals surface area contributed by atoms with E-state index >= 15 is 0 Å². The zero-order chi connectivity index (χ0) is 37.6. The number of aliphatic hydroxyl groups is 2. The molecule has 0 unspecified atom stereocenters. The molecule has 2 N–H and O–H groups in total. The molecule has 18 nitrogen and oxygen atoms in total. The standard InChI is InChI=1S/C33H40N4O14/c1-18-10-22(31(41)34-16-20(39)11-24(34)19(2)38)25(36(44)45)14-28(18)50-8-6-5-7-9-51-30-15-26(37(46)47)23(13-29(30)48-3)32(42)35-17-21(40)12-27(35)33(43)49-4/h10,13-15,20-21,24,27,39-40H,5-9,11-12,16-17H2,1-4H3/t20-,21-,24+,27+/m1/s1. The minimum atomic E-state index is -1.11. The van der Waals surface area contributed by atoms with Crippen molar-refractivity contribution in [3.8, 4) is 17.2 Å². The van der Waals surface area contributed by atoms with Gasteiger partial charge in [0.1, 0.15) is 22.9 Å². The highest BCUT2D eigenvalue weighted by molar-refractivity contribution is 6.02. The number of rotatable bonds is 15. The smallest absolute Gasteiger partial charge is 0.328 e. The van der Waals surface area contributed by atoms with E-state index in [2.05, 4.69) is 0 Å². The molecule has 0 radical (unpaired) electrons. The summed E-state index contributed by atoms with van der Waals surface area (Å²) in [7, 11) is 2.43. The van der Waals surface area contributed by atoms with E-state index < -0.39 is 63.3 Å². The van der Waals surface area contributed by atoms with Gasteiger partial charge in [-0.15, -0.1) is 0 Å². The van der Waals surface area contributed by atoms with Gasteiger partial charge in [-0.2, -0.15) is 0 Å². The lowest BCUT2D eigenvalue weighted by molar-refractivity contribution is -0.385. The van der Waals surface area contributed by atoms with Gasteiger partial charge in [-0.3, -0.25) is 34.6 Å². The Bertz CT molecular complexity index is 1700. The van der Waals surface area contributed by atoms with Crippen LogP contribution in [0.15, 0.2) is 24.3 Å². The number of amides is 2. The predicted octanol–water partition coefficient (Wildman–Crippen LogP) is 2.36. The van der Waals surface area contributed by atoms with E-state index in [1.807, 2.05) is 0 Å². The number of methoxy groups -OCH3 is 2. The number of benzene rings is 2. The van der Waals surface area contributed by atoms with Gasteiger partial charge < -0.3 is 39.0 Å². The Morgan fingerprint density at radius 3 is 1.76 bits per heavy atom. The predicted molar refractivity (Wildman–Crippen MR) is 176 cm³/mol. The zero-order valence-corrected chi connectivity index (χ0v) is 28.6. The molecule has 2 amide bonds. The van der Waals surface area contributed by atoms with Crippen molar-refractivity contribution in [3.63, 3.8) is 0 Å². The van der Waals surface area contributed by atoms with Crippen LogP contribution in [0.2, 0.25) is 0 Å². The second-order valence-electron chi connectivity index (χ2n) is 12.3. The lowest BCUT2D eigenvalue weighted by Crippen LogP contribution is -2.41.